The molecule has 1 unspecified atom stereocenters. The molecule has 1 aromatic carbocycles. The Morgan fingerprint density at radius 1 is 1.15 bits per heavy atom. The number of guanidine groups is 1. The van der Waals surface area contributed by atoms with Gasteiger partial charge >= 0.3 is 0 Å². The molecule has 1 saturated heterocycles. The fourth-order valence-corrected chi connectivity index (χ4v) is 3.72. The summed E-state index contributed by atoms with van der Waals surface area (Å²) in [5.74, 6) is 2.39. The topological polar surface area (TPSA) is 58.1 Å². The van der Waals surface area contributed by atoms with Crippen molar-refractivity contribution in [3.63, 3.8) is 0 Å². The Morgan fingerprint density at radius 3 is 2.63 bits per heavy atom. The highest BCUT2D eigenvalue weighted by molar-refractivity contribution is 5.79. The third-order valence-corrected chi connectivity index (χ3v) is 5.29. The number of ether oxygens (including phenoxy) is 2. The molecule has 0 bridgehead atoms. The number of hydrogen-bond donors (Lipinski definition) is 2. The van der Waals surface area contributed by atoms with Crippen molar-refractivity contribution in [3.8, 4) is 11.5 Å². The van der Waals surface area contributed by atoms with Crippen molar-refractivity contribution in [2.45, 2.75) is 45.1 Å². The van der Waals surface area contributed by atoms with Crippen molar-refractivity contribution in [2.75, 3.05) is 47.4 Å². The summed E-state index contributed by atoms with van der Waals surface area (Å²) in [4.78, 5) is 6.95. The van der Waals surface area contributed by atoms with Crippen molar-refractivity contribution in [1.29, 1.82) is 0 Å². The van der Waals surface area contributed by atoms with E-state index in [0.29, 0.717) is 0 Å². The first-order valence-corrected chi connectivity index (χ1v) is 10.1. The minimum absolute atomic E-state index is 0.751. The second kappa shape index (κ2) is 11.7. The zero-order valence-corrected chi connectivity index (χ0v) is 17.4. The van der Waals surface area contributed by atoms with Crippen LogP contribution < -0.4 is 20.1 Å². The van der Waals surface area contributed by atoms with Crippen LogP contribution in [0, 0.1) is 0 Å². The third-order valence-electron chi connectivity index (χ3n) is 5.29. The number of rotatable bonds is 9. The lowest BCUT2D eigenvalue weighted by Crippen LogP contribution is -2.46. The van der Waals surface area contributed by atoms with Gasteiger partial charge in [0.1, 0.15) is 0 Å². The van der Waals surface area contributed by atoms with E-state index in [1.165, 1.54) is 37.8 Å². The second-order valence-electron chi connectivity index (χ2n) is 6.96. The maximum Gasteiger partial charge on any atom is 0.191 e. The Bertz CT molecular complexity index is 592. The average molecular weight is 377 g/mol. The Kier molecular flexibility index (Phi) is 9.25. The lowest BCUT2D eigenvalue weighted by atomic mass is 10.0. The number of likely N-dealkylation sites (tertiary alicyclic amines) is 1. The molecule has 0 spiro atoms. The van der Waals surface area contributed by atoms with Gasteiger partial charge in [0.15, 0.2) is 17.5 Å². The average Bonchev–Trinajstić information content (AvgIpc) is 2.72. The molecule has 0 aliphatic carbocycles. The zero-order valence-electron chi connectivity index (χ0n) is 17.4. The molecule has 6 nitrogen and oxygen atoms in total. The fourth-order valence-electron chi connectivity index (χ4n) is 3.72. The summed E-state index contributed by atoms with van der Waals surface area (Å²) in [6.45, 7) is 6.34. The van der Waals surface area contributed by atoms with Gasteiger partial charge in [-0.05, 0) is 49.9 Å². The summed E-state index contributed by atoms with van der Waals surface area (Å²) in [6, 6.07) is 6.79. The molecular weight excluding hydrogens is 340 g/mol. The lowest BCUT2D eigenvalue weighted by Gasteiger charge is -2.35. The Hall–Kier alpha value is -1.95. The van der Waals surface area contributed by atoms with Gasteiger partial charge in [-0.25, -0.2) is 0 Å². The minimum atomic E-state index is 0.751. The van der Waals surface area contributed by atoms with E-state index < -0.39 is 0 Å². The number of methoxy groups -OCH3 is 2. The molecule has 1 aromatic rings. The van der Waals surface area contributed by atoms with E-state index in [4.69, 9.17) is 9.47 Å². The van der Waals surface area contributed by atoms with Gasteiger partial charge < -0.3 is 20.1 Å². The third kappa shape index (κ3) is 6.61. The maximum absolute atomic E-state index is 5.37. The summed E-state index contributed by atoms with van der Waals surface area (Å²) < 4.78 is 10.7. The summed E-state index contributed by atoms with van der Waals surface area (Å²) in [5, 5.41) is 6.84. The normalized spacial score (nSPS) is 18.2. The van der Waals surface area contributed by atoms with Crippen LogP contribution in [-0.4, -0.2) is 64.3 Å². The van der Waals surface area contributed by atoms with E-state index in [0.717, 1.165) is 49.6 Å². The molecule has 27 heavy (non-hydrogen) atoms. The quantitative estimate of drug-likeness (QED) is 0.513. The summed E-state index contributed by atoms with van der Waals surface area (Å²) in [6.07, 6.45) is 6.19. The molecule has 1 atom stereocenters. The molecule has 2 N–H and O–H groups in total. The molecule has 152 valence electrons. The standard InChI is InChI=1S/C21H36N4O2/c1-5-18-8-6-7-14-25(18)15-13-24-21(22-2)23-12-11-17-9-10-19(26-3)20(16-17)27-4/h9-10,16,18H,5-8,11-15H2,1-4H3,(H2,22,23,24). The number of nitrogens with one attached hydrogen (secondary N) is 2. The van der Waals surface area contributed by atoms with E-state index in [2.05, 4.69) is 33.5 Å². The van der Waals surface area contributed by atoms with Crippen LogP contribution in [0.25, 0.3) is 0 Å². The molecule has 0 amide bonds. The smallest absolute Gasteiger partial charge is 0.191 e. The molecule has 6 heteroatoms. The van der Waals surface area contributed by atoms with Crippen LogP contribution in [0.15, 0.2) is 23.2 Å². The zero-order chi connectivity index (χ0) is 19.5. The van der Waals surface area contributed by atoms with Crippen LogP contribution in [0.5, 0.6) is 11.5 Å². The van der Waals surface area contributed by atoms with E-state index >= 15 is 0 Å². The Morgan fingerprint density at radius 2 is 1.93 bits per heavy atom. The largest absolute Gasteiger partial charge is 0.493 e. The van der Waals surface area contributed by atoms with Crippen molar-refractivity contribution in [1.82, 2.24) is 15.5 Å². The molecule has 0 saturated carbocycles. The number of piperidine rings is 1. The van der Waals surface area contributed by atoms with Gasteiger partial charge in [-0.15, -0.1) is 0 Å². The molecule has 0 aromatic heterocycles. The lowest BCUT2D eigenvalue weighted by molar-refractivity contribution is 0.147. The van der Waals surface area contributed by atoms with Crippen LogP contribution >= 0.6 is 0 Å². The van der Waals surface area contributed by atoms with Gasteiger partial charge in [-0.2, -0.15) is 0 Å². The van der Waals surface area contributed by atoms with Crippen LogP contribution in [0.1, 0.15) is 38.2 Å². The minimum Gasteiger partial charge on any atom is -0.493 e. The molecule has 1 aliphatic heterocycles. The second-order valence-corrected chi connectivity index (χ2v) is 6.96. The van der Waals surface area contributed by atoms with Crippen molar-refractivity contribution < 1.29 is 9.47 Å². The van der Waals surface area contributed by atoms with E-state index in [9.17, 15) is 0 Å². The molecule has 0 radical (unpaired) electrons. The molecule has 2 rings (SSSR count). The molecular formula is C21H36N4O2. The number of nitrogens with zero attached hydrogens (tertiary/aromatic N) is 2. The Balaban J connectivity index is 1.72. The highest BCUT2D eigenvalue weighted by atomic mass is 16.5. The molecule has 1 heterocycles. The number of benzene rings is 1. The predicted molar refractivity (Wildman–Crippen MR) is 112 cm³/mol. The van der Waals surface area contributed by atoms with Gasteiger partial charge in [-0.3, -0.25) is 9.89 Å². The van der Waals surface area contributed by atoms with Crippen molar-refractivity contribution in [3.05, 3.63) is 23.8 Å². The van der Waals surface area contributed by atoms with Crippen molar-refractivity contribution in [2.24, 2.45) is 4.99 Å². The number of aliphatic imine (C=N–C) groups is 1. The van der Waals surface area contributed by atoms with Gasteiger partial charge in [0.2, 0.25) is 0 Å². The Labute approximate surface area is 164 Å². The predicted octanol–water partition coefficient (Wildman–Crippen LogP) is 2.68. The molecule has 1 aliphatic rings. The van der Waals surface area contributed by atoms with Crippen LogP contribution in [-0.2, 0) is 6.42 Å². The monoisotopic (exact) mass is 376 g/mol. The first-order chi connectivity index (χ1) is 13.2. The van der Waals surface area contributed by atoms with E-state index in [1.54, 1.807) is 14.2 Å². The van der Waals surface area contributed by atoms with E-state index in [1.807, 2.05) is 19.2 Å². The summed E-state index contributed by atoms with van der Waals surface area (Å²) in [5.41, 5.74) is 1.20. The maximum atomic E-state index is 5.37. The van der Waals surface area contributed by atoms with Crippen LogP contribution in [0.4, 0.5) is 0 Å². The fraction of sp³-hybridized carbons (Fsp3) is 0.667. The number of hydrogen-bond acceptors (Lipinski definition) is 4. The van der Waals surface area contributed by atoms with Gasteiger partial charge in [0.25, 0.3) is 0 Å². The van der Waals surface area contributed by atoms with Gasteiger partial charge in [-0.1, -0.05) is 19.4 Å². The van der Waals surface area contributed by atoms with Crippen LogP contribution in [0.3, 0.4) is 0 Å². The summed E-state index contributed by atoms with van der Waals surface area (Å²) in [7, 11) is 5.14. The highest BCUT2D eigenvalue weighted by Crippen LogP contribution is 2.27. The van der Waals surface area contributed by atoms with E-state index in [-0.39, 0.29) is 0 Å². The summed E-state index contributed by atoms with van der Waals surface area (Å²) >= 11 is 0. The van der Waals surface area contributed by atoms with Crippen LogP contribution in [0.2, 0.25) is 0 Å². The first-order valence-electron chi connectivity index (χ1n) is 10.1. The first kappa shape index (κ1) is 21.4. The molecule has 1 fully saturated rings. The van der Waals surface area contributed by atoms with Gasteiger partial charge in [0, 0.05) is 32.7 Å². The SMILES string of the molecule is CCC1CCCCN1CCNC(=NC)NCCc1ccc(OC)c(OC)c1. The highest BCUT2D eigenvalue weighted by Gasteiger charge is 2.19. The van der Waals surface area contributed by atoms with Crippen molar-refractivity contribution >= 4 is 5.96 Å². The van der Waals surface area contributed by atoms with Gasteiger partial charge in [0.05, 0.1) is 14.2 Å².